The number of rotatable bonds is 6. The molecule has 25 heavy (non-hydrogen) atoms. The lowest BCUT2D eigenvalue weighted by atomic mass is 10.2. The molecule has 0 N–H and O–H groups in total. The van der Waals surface area contributed by atoms with Crippen molar-refractivity contribution in [2.24, 2.45) is 0 Å². The molecule has 2 aromatic rings. The maximum Gasteiger partial charge on any atom is 0.283 e. The molecule has 0 unspecified atom stereocenters. The van der Waals surface area contributed by atoms with E-state index >= 15 is 0 Å². The standard InChI is InChI=1S/C16H22ClF2N5O/c1-6-23-10(3)12(9(2)20-23)7-22(5)13(25)8-24-11(4)14(17)15(21-24)16(18)19/h16H,6-8H2,1-5H3. The number of carbonyl (C=O) groups excluding carboxylic acids is 1. The van der Waals surface area contributed by atoms with Gasteiger partial charge in [-0.2, -0.15) is 10.2 Å². The van der Waals surface area contributed by atoms with E-state index in [1.54, 1.807) is 14.0 Å². The third-order valence-electron chi connectivity index (χ3n) is 4.30. The zero-order chi connectivity index (χ0) is 18.9. The molecule has 0 aliphatic heterocycles. The Morgan fingerprint density at radius 1 is 1.20 bits per heavy atom. The minimum Gasteiger partial charge on any atom is -0.340 e. The number of carbonyl (C=O) groups is 1. The Morgan fingerprint density at radius 2 is 1.84 bits per heavy atom. The van der Waals surface area contributed by atoms with Gasteiger partial charge in [-0.15, -0.1) is 0 Å². The Kier molecular flexibility index (Phi) is 5.82. The molecule has 2 heterocycles. The highest BCUT2D eigenvalue weighted by Crippen LogP contribution is 2.28. The lowest BCUT2D eigenvalue weighted by Gasteiger charge is -2.18. The monoisotopic (exact) mass is 373 g/mol. The van der Waals surface area contributed by atoms with Crippen LogP contribution in [0.5, 0.6) is 0 Å². The predicted molar refractivity (Wildman–Crippen MR) is 90.8 cm³/mol. The first-order valence-electron chi connectivity index (χ1n) is 7.95. The van der Waals surface area contributed by atoms with Gasteiger partial charge in [0.25, 0.3) is 6.43 Å². The van der Waals surface area contributed by atoms with E-state index in [0.717, 1.165) is 23.5 Å². The van der Waals surface area contributed by atoms with Gasteiger partial charge in [0.05, 0.1) is 16.4 Å². The van der Waals surface area contributed by atoms with Gasteiger partial charge in [-0.25, -0.2) is 8.78 Å². The summed E-state index contributed by atoms with van der Waals surface area (Å²) in [5.41, 5.74) is 2.73. The van der Waals surface area contributed by atoms with E-state index in [1.165, 1.54) is 9.58 Å². The number of halogens is 3. The van der Waals surface area contributed by atoms with Crippen molar-refractivity contribution in [2.45, 2.75) is 53.8 Å². The van der Waals surface area contributed by atoms with Crippen molar-refractivity contribution in [1.82, 2.24) is 24.5 Å². The summed E-state index contributed by atoms with van der Waals surface area (Å²) >= 11 is 5.86. The Bertz CT molecular complexity index is 784. The number of nitrogens with zero attached hydrogens (tertiary/aromatic N) is 5. The molecule has 0 saturated heterocycles. The average Bonchev–Trinajstić information content (AvgIpc) is 2.99. The number of likely N-dealkylation sites (N-methyl/N-ethyl adjacent to an activating group) is 1. The molecule has 1 amide bonds. The molecule has 0 aliphatic rings. The molecule has 6 nitrogen and oxygen atoms in total. The highest BCUT2D eigenvalue weighted by atomic mass is 35.5. The Labute approximate surface area is 150 Å². The SMILES string of the molecule is CCn1nc(C)c(CN(C)C(=O)Cn2nc(C(F)F)c(Cl)c2C)c1C. The van der Waals surface area contributed by atoms with Gasteiger partial charge in [0, 0.05) is 31.4 Å². The van der Waals surface area contributed by atoms with E-state index in [-0.39, 0.29) is 17.5 Å². The summed E-state index contributed by atoms with van der Waals surface area (Å²) in [4.78, 5) is 14.0. The molecule has 0 spiro atoms. The third kappa shape index (κ3) is 3.84. The van der Waals surface area contributed by atoms with Gasteiger partial charge in [0.1, 0.15) is 12.2 Å². The average molecular weight is 374 g/mol. The van der Waals surface area contributed by atoms with Crippen LogP contribution in [-0.2, 0) is 24.4 Å². The van der Waals surface area contributed by atoms with Crippen LogP contribution in [0.4, 0.5) is 8.78 Å². The van der Waals surface area contributed by atoms with Crippen LogP contribution in [0.3, 0.4) is 0 Å². The van der Waals surface area contributed by atoms with E-state index < -0.39 is 12.1 Å². The lowest BCUT2D eigenvalue weighted by molar-refractivity contribution is -0.131. The second kappa shape index (κ2) is 7.51. The van der Waals surface area contributed by atoms with Crippen molar-refractivity contribution in [1.29, 1.82) is 0 Å². The Balaban J connectivity index is 2.14. The van der Waals surface area contributed by atoms with Gasteiger partial charge >= 0.3 is 0 Å². The van der Waals surface area contributed by atoms with Crippen molar-refractivity contribution in [3.05, 3.63) is 33.4 Å². The third-order valence-corrected chi connectivity index (χ3v) is 4.77. The van der Waals surface area contributed by atoms with Crippen LogP contribution in [0.2, 0.25) is 5.02 Å². The van der Waals surface area contributed by atoms with Crippen molar-refractivity contribution < 1.29 is 13.6 Å². The number of aromatic nitrogens is 4. The molecule has 0 bridgehead atoms. The molecule has 2 rings (SSSR count). The second-order valence-corrected chi connectivity index (χ2v) is 6.34. The fourth-order valence-corrected chi connectivity index (χ4v) is 2.90. The highest BCUT2D eigenvalue weighted by Gasteiger charge is 2.23. The first-order chi connectivity index (χ1) is 11.7. The molecule has 0 fully saturated rings. The van der Waals surface area contributed by atoms with Gasteiger partial charge in [-0.05, 0) is 27.7 Å². The number of hydrogen-bond acceptors (Lipinski definition) is 3. The van der Waals surface area contributed by atoms with E-state index in [1.807, 2.05) is 25.5 Å². The van der Waals surface area contributed by atoms with Crippen LogP contribution >= 0.6 is 11.6 Å². The Hall–Kier alpha value is -1.96. The summed E-state index contributed by atoms with van der Waals surface area (Å²) in [6.45, 7) is 8.44. The molecule has 9 heteroatoms. The topological polar surface area (TPSA) is 56.0 Å². The molecule has 0 atom stereocenters. The van der Waals surface area contributed by atoms with Crippen molar-refractivity contribution in [3.63, 3.8) is 0 Å². The zero-order valence-corrected chi connectivity index (χ0v) is 15.7. The van der Waals surface area contributed by atoms with Gasteiger partial charge in [-0.3, -0.25) is 14.2 Å². The normalized spacial score (nSPS) is 11.4. The minimum absolute atomic E-state index is 0.0960. The second-order valence-electron chi connectivity index (χ2n) is 5.96. The van der Waals surface area contributed by atoms with Gasteiger partial charge in [-0.1, -0.05) is 11.6 Å². The quantitative estimate of drug-likeness (QED) is 0.780. The van der Waals surface area contributed by atoms with Crippen LogP contribution in [0, 0.1) is 20.8 Å². The summed E-state index contributed by atoms with van der Waals surface area (Å²) in [5.74, 6) is -0.244. The van der Waals surface area contributed by atoms with Crippen LogP contribution in [0.25, 0.3) is 0 Å². The maximum absolute atomic E-state index is 12.9. The van der Waals surface area contributed by atoms with Crippen LogP contribution in [0.15, 0.2) is 0 Å². The molecule has 0 radical (unpaired) electrons. The number of aryl methyl sites for hydroxylation is 2. The maximum atomic E-state index is 12.9. The Morgan fingerprint density at radius 3 is 2.32 bits per heavy atom. The molecule has 0 aliphatic carbocycles. The van der Waals surface area contributed by atoms with Crippen LogP contribution < -0.4 is 0 Å². The van der Waals surface area contributed by atoms with E-state index in [0.29, 0.717) is 12.2 Å². The lowest BCUT2D eigenvalue weighted by Crippen LogP contribution is -2.30. The van der Waals surface area contributed by atoms with Gasteiger partial charge in [0.2, 0.25) is 5.91 Å². The molecule has 2 aromatic heterocycles. The summed E-state index contributed by atoms with van der Waals surface area (Å²) in [6.07, 6.45) is -2.77. The molecular formula is C16H22ClF2N5O. The largest absolute Gasteiger partial charge is 0.340 e. The van der Waals surface area contributed by atoms with E-state index in [9.17, 15) is 13.6 Å². The van der Waals surface area contributed by atoms with Crippen LogP contribution in [-0.4, -0.2) is 37.4 Å². The summed E-state index contributed by atoms with van der Waals surface area (Å²) in [7, 11) is 1.67. The highest BCUT2D eigenvalue weighted by molar-refractivity contribution is 6.31. The predicted octanol–water partition coefficient (Wildman–Crippen LogP) is 3.27. The first-order valence-corrected chi connectivity index (χ1v) is 8.32. The number of amides is 1. The fourth-order valence-electron chi connectivity index (χ4n) is 2.69. The van der Waals surface area contributed by atoms with Crippen molar-refractivity contribution in [3.8, 4) is 0 Å². The summed E-state index contributed by atoms with van der Waals surface area (Å²) in [5, 5.41) is 8.10. The van der Waals surface area contributed by atoms with Crippen molar-refractivity contribution >= 4 is 17.5 Å². The first kappa shape index (κ1) is 19.4. The smallest absolute Gasteiger partial charge is 0.283 e. The summed E-state index contributed by atoms with van der Waals surface area (Å²) in [6, 6.07) is 0. The summed E-state index contributed by atoms with van der Waals surface area (Å²) < 4.78 is 28.8. The zero-order valence-electron chi connectivity index (χ0n) is 15.0. The van der Waals surface area contributed by atoms with Crippen molar-refractivity contribution in [2.75, 3.05) is 7.05 Å². The van der Waals surface area contributed by atoms with E-state index in [2.05, 4.69) is 10.2 Å². The van der Waals surface area contributed by atoms with Crippen LogP contribution in [0.1, 0.15) is 41.7 Å². The van der Waals surface area contributed by atoms with Gasteiger partial charge in [0.15, 0.2) is 0 Å². The van der Waals surface area contributed by atoms with E-state index in [4.69, 9.17) is 11.6 Å². The molecule has 0 aromatic carbocycles. The molecule has 138 valence electrons. The van der Waals surface area contributed by atoms with Gasteiger partial charge < -0.3 is 4.90 Å². The fraction of sp³-hybridized carbons (Fsp3) is 0.562. The number of hydrogen-bond donors (Lipinski definition) is 0. The number of alkyl halides is 2. The molecule has 0 saturated carbocycles. The minimum atomic E-state index is -2.77. The molecular weight excluding hydrogens is 352 g/mol.